The molecule has 0 aliphatic carbocycles. The standard InChI is InChI=1S/C15H19ClN4O2S.ClH/c16-15-9-14(2-1-12(15)10-17)23(21,22)20-7-5-19(6-8-20)13-3-4-18-11-13;/h1-2,9,13,18H,3-8,11H2;1H. The van der Waals surface area contributed by atoms with E-state index in [2.05, 4.69) is 10.2 Å². The molecule has 2 aliphatic heterocycles. The fraction of sp³-hybridized carbons (Fsp3) is 0.533. The van der Waals surface area contributed by atoms with Gasteiger partial charge in [0, 0.05) is 38.8 Å². The van der Waals surface area contributed by atoms with E-state index in [-0.39, 0.29) is 27.9 Å². The van der Waals surface area contributed by atoms with E-state index in [0.717, 1.165) is 32.6 Å². The summed E-state index contributed by atoms with van der Waals surface area (Å²) in [7, 11) is -3.56. The minimum Gasteiger partial charge on any atom is -0.315 e. The number of nitrogens with one attached hydrogen (secondary N) is 1. The number of halogens is 2. The molecule has 2 aliphatic rings. The number of rotatable bonds is 3. The van der Waals surface area contributed by atoms with Crippen LogP contribution >= 0.6 is 24.0 Å². The van der Waals surface area contributed by atoms with Crippen LogP contribution in [-0.4, -0.2) is 62.9 Å². The number of sulfonamides is 1. The zero-order valence-electron chi connectivity index (χ0n) is 13.1. The van der Waals surface area contributed by atoms with Crippen molar-refractivity contribution in [2.24, 2.45) is 0 Å². The number of nitrogens with zero attached hydrogens (tertiary/aromatic N) is 3. The van der Waals surface area contributed by atoms with Gasteiger partial charge >= 0.3 is 0 Å². The summed E-state index contributed by atoms with van der Waals surface area (Å²) >= 11 is 5.96. The Kier molecular flexibility index (Phi) is 6.48. The first-order valence-electron chi connectivity index (χ1n) is 7.67. The number of hydrogen-bond donors (Lipinski definition) is 1. The number of hydrogen-bond acceptors (Lipinski definition) is 5. The maximum atomic E-state index is 12.7. The van der Waals surface area contributed by atoms with Gasteiger partial charge in [-0.2, -0.15) is 9.57 Å². The Labute approximate surface area is 153 Å². The largest absolute Gasteiger partial charge is 0.315 e. The van der Waals surface area contributed by atoms with Gasteiger partial charge in [0.2, 0.25) is 10.0 Å². The highest BCUT2D eigenvalue weighted by atomic mass is 35.5. The Morgan fingerprint density at radius 3 is 2.50 bits per heavy atom. The zero-order chi connectivity index (χ0) is 16.4. The summed E-state index contributed by atoms with van der Waals surface area (Å²) in [6.07, 6.45) is 1.12. The third-order valence-corrected chi connectivity index (χ3v) is 6.73. The van der Waals surface area contributed by atoms with E-state index in [4.69, 9.17) is 16.9 Å². The lowest BCUT2D eigenvalue weighted by Gasteiger charge is -2.37. The Bertz CT molecular complexity index is 721. The second-order valence-corrected chi connectivity index (χ2v) is 8.19. The molecule has 1 aromatic carbocycles. The summed E-state index contributed by atoms with van der Waals surface area (Å²) in [4.78, 5) is 2.51. The van der Waals surface area contributed by atoms with Crippen LogP contribution < -0.4 is 5.32 Å². The van der Waals surface area contributed by atoms with Crippen molar-refractivity contribution in [2.45, 2.75) is 17.4 Å². The van der Waals surface area contributed by atoms with Crippen molar-refractivity contribution in [1.29, 1.82) is 5.26 Å². The molecular formula is C15H20Cl2N4O2S. The van der Waals surface area contributed by atoms with Crippen LogP contribution in [0.3, 0.4) is 0 Å². The third kappa shape index (κ3) is 3.85. The van der Waals surface area contributed by atoms with E-state index in [0.29, 0.717) is 19.1 Å². The highest BCUT2D eigenvalue weighted by Crippen LogP contribution is 2.24. The van der Waals surface area contributed by atoms with Crippen molar-refractivity contribution >= 4 is 34.0 Å². The SMILES string of the molecule is Cl.N#Cc1ccc(S(=O)(=O)N2CCN(C3CCNC3)CC2)cc1Cl. The van der Waals surface area contributed by atoms with Gasteiger partial charge < -0.3 is 5.32 Å². The van der Waals surface area contributed by atoms with Gasteiger partial charge in [-0.15, -0.1) is 12.4 Å². The average Bonchev–Trinajstić information content (AvgIpc) is 3.09. The van der Waals surface area contributed by atoms with E-state index < -0.39 is 10.0 Å². The maximum absolute atomic E-state index is 12.7. The second kappa shape index (κ2) is 8.00. The molecule has 2 heterocycles. The molecule has 6 nitrogen and oxygen atoms in total. The van der Waals surface area contributed by atoms with Gasteiger partial charge in [-0.25, -0.2) is 8.42 Å². The summed E-state index contributed by atoms with van der Waals surface area (Å²) in [5.74, 6) is 0. The van der Waals surface area contributed by atoms with Crippen LogP contribution in [0.15, 0.2) is 23.1 Å². The van der Waals surface area contributed by atoms with Crippen molar-refractivity contribution in [3.05, 3.63) is 28.8 Å². The van der Waals surface area contributed by atoms with Gasteiger partial charge in [-0.1, -0.05) is 11.6 Å². The molecule has 1 N–H and O–H groups in total. The van der Waals surface area contributed by atoms with Crippen molar-refractivity contribution in [3.8, 4) is 6.07 Å². The second-order valence-electron chi connectivity index (χ2n) is 5.84. The molecule has 0 amide bonds. The molecule has 1 unspecified atom stereocenters. The molecular weight excluding hydrogens is 371 g/mol. The van der Waals surface area contributed by atoms with E-state index in [9.17, 15) is 8.42 Å². The van der Waals surface area contributed by atoms with Crippen LogP contribution in [0.25, 0.3) is 0 Å². The lowest BCUT2D eigenvalue weighted by molar-refractivity contribution is 0.145. The quantitative estimate of drug-likeness (QED) is 0.841. The molecule has 2 fully saturated rings. The molecule has 2 saturated heterocycles. The molecule has 0 bridgehead atoms. The number of benzene rings is 1. The topological polar surface area (TPSA) is 76.4 Å². The first-order valence-corrected chi connectivity index (χ1v) is 9.49. The summed E-state index contributed by atoms with van der Waals surface area (Å²) in [5, 5.41) is 12.4. The van der Waals surface area contributed by atoms with Crippen molar-refractivity contribution in [1.82, 2.24) is 14.5 Å². The summed E-state index contributed by atoms with van der Waals surface area (Å²) < 4.78 is 26.9. The molecule has 0 saturated carbocycles. The zero-order valence-corrected chi connectivity index (χ0v) is 15.5. The lowest BCUT2D eigenvalue weighted by Crippen LogP contribution is -2.52. The van der Waals surface area contributed by atoms with Crippen molar-refractivity contribution in [3.63, 3.8) is 0 Å². The molecule has 0 aromatic heterocycles. The molecule has 0 spiro atoms. The lowest BCUT2D eigenvalue weighted by atomic mass is 10.2. The van der Waals surface area contributed by atoms with Crippen LogP contribution in [0.4, 0.5) is 0 Å². The predicted molar refractivity (Wildman–Crippen MR) is 95.0 cm³/mol. The summed E-state index contributed by atoms with van der Waals surface area (Å²) in [6.45, 7) is 4.48. The number of piperazine rings is 1. The van der Waals surface area contributed by atoms with Crippen LogP contribution in [0, 0.1) is 11.3 Å². The Balaban J connectivity index is 0.00000208. The Hall–Kier alpha value is -0.880. The Morgan fingerprint density at radius 2 is 1.96 bits per heavy atom. The Morgan fingerprint density at radius 1 is 1.25 bits per heavy atom. The smallest absolute Gasteiger partial charge is 0.243 e. The minimum absolute atomic E-state index is 0. The van der Waals surface area contributed by atoms with Crippen LogP contribution in [-0.2, 0) is 10.0 Å². The van der Waals surface area contributed by atoms with E-state index in [1.165, 1.54) is 22.5 Å². The van der Waals surface area contributed by atoms with Gasteiger partial charge in [0.15, 0.2) is 0 Å². The maximum Gasteiger partial charge on any atom is 0.243 e. The molecule has 1 aromatic rings. The van der Waals surface area contributed by atoms with E-state index in [1.54, 1.807) is 0 Å². The fourth-order valence-corrected chi connectivity index (χ4v) is 4.89. The molecule has 3 rings (SSSR count). The van der Waals surface area contributed by atoms with Gasteiger partial charge in [-0.3, -0.25) is 4.90 Å². The average molecular weight is 391 g/mol. The molecule has 132 valence electrons. The predicted octanol–water partition coefficient (Wildman–Crippen LogP) is 1.30. The monoisotopic (exact) mass is 390 g/mol. The third-order valence-electron chi connectivity index (χ3n) is 4.52. The molecule has 24 heavy (non-hydrogen) atoms. The van der Waals surface area contributed by atoms with Crippen LogP contribution in [0.2, 0.25) is 5.02 Å². The summed E-state index contributed by atoms with van der Waals surface area (Å²) in [5.41, 5.74) is 0.282. The summed E-state index contributed by atoms with van der Waals surface area (Å²) in [6, 6.07) is 6.72. The van der Waals surface area contributed by atoms with Crippen LogP contribution in [0.1, 0.15) is 12.0 Å². The van der Waals surface area contributed by atoms with E-state index >= 15 is 0 Å². The first kappa shape index (κ1) is 19.4. The molecule has 1 atom stereocenters. The number of nitriles is 1. The van der Waals surface area contributed by atoms with E-state index in [1.807, 2.05) is 6.07 Å². The van der Waals surface area contributed by atoms with Crippen molar-refractivity contribution in [2.75, 3.05) is 39.3 Å². The van der Waals surface area contributed by atoms with Crippen LogP contribution in [0.5, 0.6) is 0 Å². The normalized spacial score (nSPS) is 22.8. The fourth-order valence-electron chi connectivity index (χ4n) is 3.16. The molecule has 0 radical (unpaired) electrons. The van der Waals surface area contributed by atoms with Gasteiger partial charge in [0.05, 0.1) is 15.5 Å². The van der Waals surface area contributed by atoms with Gasteiger partial charge in [0.1, 0.15) is 6.07 Å². The highest BCUT2D eigenvalue weighted by Gasteiger charge is 2.32. The van der Waals surface area contributed by atoms with Gasteiger partial charge in [0.25, 0.3) is 0 Å². The van der Waals surface area contributed by atoms with Gasteiger partial charge in [-0.05, 0) is 31.2 Å². The van der Waals surface area contributed by atoms with Crippen molar-refractivity contribution < 1.29 is 8.42 Å². The molecule has 9 heteroatoms. The minimum atomic E-state index is -3.56. The highest BCUT2D eigenvalue weighted by molar-refractivity contribution is 7.89. The first-order chi connectivity index (χ1) is 11.0.